The third-order valence-electron chi connectivity index (χ3n) is 6.55. The lowest BCUT2D eigenvalue weighted by Gasteiger charge is -2.49. The van der Waals surface area contributed by atoms with Gasteiger partial charge in [0.1, 0.15) is 6.61 Å². The van der Waals surface area contributed by atoms with Crippen molar-refractivity contribution in [1.82, 2.24) is 4.90 Å². The molecule has 28 heavy (non-hydrogen) atoms. The second kappa shape index (κ2) is 6.36. The van der Waals surface area contributed by atoms with E-state index in [4.69, 9.17) is 4.74 Å². The molecule has 0 unspecified atom stereocenters. The summed E-state index contributed by atoms with van der Waals surface area (Å²) in [4.78, 5) is 25.5. The summed E-state index contributed by atoms with van der Waals surface area (Å²) in [5.41, 5.74) is 4.56. The second-order valence-electron chi connectivity index (χ2n) is 8.37. The van der Waals surface area contributed by atoms with Crippen molar-refractivity contribution in [2.24, 2.45) is 11.3 Å². The summed E-state index contributed by atoms with van der Waals surface area (Å²) in [7, 11) is 0. The lowest BCUT2D eigenvalue weighted by molar-refractivity contribution is -0.144. The van der Waals surface area contributed by atoms with Gasteiger partial charge in [-0.25, -0.2) is 4.79 Å². The van der Waals surface area contributed by atoms with Gasteiger partial charge in [0, 0.05) is 24.4 Å². The molecule has 144 valence electrons. The summed E-state index contributed by atoms with van der Waals surface area (Å²) >= 11 is 0. The van der Waals surface area contributed by atoms with Crippen molar-refractivity contribution in [2.75, 3.05) is 19.7 Å². The fourth-order valence-electron chi connectivity index (χ4n) is 5.04. The molecule has 2 fully saturated rings. The Morgan fingerprint density at radius 2 is 1.57 bits per heavy atom. The number of aliphatic carboxylic acids is 1. The molecule has 3 aliphatic rings. The molecule has 2 aromatic carbocycles. The number of hydrogen-bond donors (Lipinski definition) is 1. The summed E-state index contributed by atoms with van der Waals surface area (Å²) in [6, 6.07) is 16.5. The first kappa shape index (κ1) is 17.3. The number of benzene rings is 2. The topological polar surface area (TPSA) is 66.8 Å². The van der Waals surface area contributed by atoms with Gasteiger partial charge in [0.25, 0.3) is 0 Å². The van der Waals surface area contributed by atoms with E-state index in [9.17, 15) is 14.7 Å². The number of fused-ring (bicyclic) bond motifs is 3. The zero-order valence-corrected chi connectivity index (χ0v) is 15.6. The maximum atomic E-state index is 12.6. The van der Waals surface area contributed by atoms with Gasteiger partial charge in [-0.3, -0.25) is 4.79 Å². The van der Waals surface area contributed by atoms with E-state index in [1.54, 1.807) is 4.90 Å². The first-order chi connectivity index (χ1) is 13.6. The number of nitrogens with zero attached hydrogens (tertiary/aromatic N) is 1. The molecular weight excluding hydrogens is 354 g/mol. The van der Waals surface area contributed by atoms with Gasteiger partial charge in [-0.1, -0.05) is 48.5 Å². The third kappa shape index (κ3) is 2.77. The Kier molecular flexibility index (Phi) is 3.93. The van der Waals surface area contributed by atoms with Gasteiger partial charge < -0.3 is 14.7 Å². The van der Waals surface area contributed by atoms with Crippen molar-refractivity contribution >= 4 is 12.1 Å². The summed E-state index contributed by atoms with van der Waals surface area (Å²) in [6.07, 6.45) is 1.96. The molecular formula is C23H23NO4. The summed E-state index contributed by atoms with van der Waals surface area (Å²) < 4.78 is 5.68. The minimum absolute atomic E-state index is 0.0461. The molecule has 0 spiro atoms. The fraction of sp³-hybridized carbons (Fsp3) is 0.391. The highest BCUT2D eigenvalue weighted by atomic mass is 16.6. The van der Waals surface area contributed by atoms with Crippen LogP contribution in [0.4, 0.5) is 4.79 Å². The van der Waals surface area contributed by atoms with Crippen LogP contribution in [-0.4, -0.2) is 41.8 Å². The normalized spacial score (nSPS) is 19.5. The molecule has 1 N–H and O–H groups in total. The Bertz CT molecular complexity index is 898. The van der Waals surface area contributed by atoms with Crippen LogP contribution >= 0.6 is 0 Å². The largest absolute Gasteiger partial charge is 0.481 e. The van der Waals surface area contributed by atoms with E-state index in [1.165, 1.54) is 22.3 Å². The average molecular weight is 377 g/mol. The molecule has 5 heteroatoms. The molecule has 5 nitrogen and oxygen atoms in total. The molecule has 5 rings (SSSR count). The van der Waals surface area contributed by atoms with Gasteiger partial charge in [0.15, 0.2) is 0 Å². The Labute approximate surface area is 163 Å². The van der Waals surface area contributed by atoms with Crippen molar-refractivity contribution in [3.8, 4) is 11.1 Å². The van der Waals surface area contributed by atoms with Crippen molar-refractivity contribution in [3.05, 3.63) is 59.7 Å². The molecule has 1 amide bonds. The first-order valence-electron chi connectivity index (χ1n) is 9.89. The van der Waals surface area contributed by atoms with E-state index in [0.717, 1.165) is 12.8 Å². The minimum Gasteiger partial charge on any atom is -0.481 e. The fourth-order valence-corrected chi connectivity index (χ4v) is 5.04. The average Bonchev–Trinajstić information content (AvgIpc) is 3.46. The van der Waals surface area contributed by atoms with Crippen LogP contribution in [0.5, 0.6) is 0 Å². The van der Waals surface area contributed by atoms with E-state index in [1.807, 2.05) is 24.3 Å². The van der Waals surface area contributed by atoms with E-state index in [-0.39, 0.29) is 23.8 Å². The molecule has 1 heterocycles. The van der Waals surface area contributed by atoms with E-state index < -0.39 is 5.97 Å². The van der Waals surface area contributed by atoms with E-state index >= 15 is 0 Å². The van der Waals surface area contributed by atoms with Gasteiger partial charge in [0.05, 0.1) is 6.42 Å². The standard InChI is InChI=1S/C23H23NO4/c25-21(26)11-23(15-9-10-15)13-24(14-23)22(27)28-12-20-18-7-3-1-5-16(18)17-6-2-4-8-19(17)20/h1-8,15,20H,9-14H2,(H,25,26). The number of likely N-dealkylation sites (tertiary alicyclic amines) is 1. The van der Waals surface area contributed by atoms with Crippen LogP contribution in [0.1, 0.15) is 36.3 Å². The number of amides is 1. The quantitative estimate of drug-likeness (QED) is 0.851. The Morgan fingerprint density at radius 1 is 1.00 bits per heavy atom. The lowest BCUT2D eigenvalue weighted by atomic mass is 9.72. The Balaban J connectivity index is 1.26. The Hall–Kier alpha value is -2.82. The Morgan fingerprint density at radius 3 is 2.11 bits per heavy atom. The smallest absolute Gasteiger partial charge is 0.409 e. The van der Waals surface area contributed by atoms with Crippen LogP contribution in [0.2, 0.25) is 0 Å². The zero-order chi connectivity index (χ0) is 19.3. The summed E-state index contributed by atoms with van der Waals surface area (Å²) in [5, 5.41) is 9.21. The van der Waals surface area contributed by atoms with Crippen molar-refractivity contribution in [2.45, 2.75) is 25.2 Å². The van der Waals surface area contributed by atoms with Crippen molar-refractivity contribution < 1.29 is 19.4 Å². The SMILES string of the molecule is O=C(O)CC1(C2CC2)CN(C(=O)OCC2c3ccccc3-c3ccccc32)C1. The maximum absolute atomic E-state index is 12.6. The summed E-state index contributed by atoms with van der Waals surface area (Å²) in [6.45, 7) is 1.31. The first-order valence-corrected chi connectivity index (χ1v) is 9.89. The molecule has 1 saturated carbocycles. The highest BCUT2D eigenvalue weighted by molar-refractivity contribution is 5.79. The van der Waals surface area contributed by atoms with Crippen LogP contribution in [-0.2, 0) is 9.53 Å². The number of rotatable bonds is 5. The number of carboxylic acids is 1. The number of carbonyl (C=O) groups excluding carboxylic acids is 1. The van der Waals surface area contributed by atoms with Crippen LogP contribution < -0.4 is 0 Å². The van der Waals surface area contributed by atoms with Crippen LogP contribution in [0.25, 0.3) is 11.1 Å². The number of ether oxygens (including phenoxy) is 1. The van der Waals surface area contributed by atoms with Crippen LogP contribution in [0.3, 0.4) is 0 Å². The van der Waals surface area contributed by atoms with Crippen molar-refractivity contribution in [1.29, 1.82) is 0 Å². The minimum atomic E-state index is -0.779. The number of carbonyl (C=O) groups is 2. The monoisotopic (exact) mass is 377 g/mol. The maximum Gasteiger partial charge on any atom is 0.409 e. The molecule has 0 atom stereocenters. The molecule has 0 aromatic heterocycles. The van der Waals surface area contributed by atoms with Gasteiger partial charge in [-0.05, 0) is 41.0 Å². The molecule has 1 saturated heterocycles. The summed E-state index contributed by atoms with van der Waals surface area (Å²) in [5.74, 6) is -0.287. The van der Waals surface area contributed by atoms with E-state index in [0.29, 0.717) is 25.6 Å². The number of hydrogen-bond acceptors (Lipinski definition) is 3. The van der Waals surface area contributed by atoms with Gasteiger partial charge in [-0.15, -0.1) is 0 Å². The second-order valence-corrected chi connectivity index (χ2v) is 8.37. The zero-order valence-electron chi connectivity index (χ0n) is 15.6. The number of carboxylic acid groups (broad SMARTS) is 1. The van der Waals surface area contributed by atoms with Crippen LogP contribution in [0, 0.1) is 11.3 Å². The molecule has 2 aliphatic carbocycles. The molecule has 0 radical (unpaired) electrons. The highest BCUT2D eigenvalue weighted by Gasteiger charge is 2.55. The van der Waals surface area contributed by atoms with Gasteiger partial charge >= 0.3 is 12.1 Å². The predicted octanol–water partition coefficient (Wildman–Crippen LogP) is 4.12. The van der Waals surface area contributed by atoms with Crippen molar-refractivity contribution in [3.63, 3.8) is 0 Å². The molecule has 1 aliphatic heterocycles. The lowest BCUT2D eigenvalue weighted by Crippen LogP contribution is -2.60. The highest BCUT2D eigenvalue weighted by Crippen LogP contribution is 2.53. The van der Waals surface area contributed by atoms with Crippen LogP contribution in [0.15, 0.2) is 48.5 Å². The van der Waals surface area contributed by atoms with Gasteiger partial charge in [0.2, 0.25) is 0 Å². The van der Waals surface area contributed by atoms with Gasteiger partial charge in [-0.2, -0.15) is 0 Å². The molecule has 2 aromatic rings. The molecule has 0 bridgehead atoms. The predicted molar refractivity (Wildman–Crippen MR) is 104 cm³/mol. The van der Waals surface area contributed by atoms with E-state index in [2.05, 4.69) is 24.3 Å². The third-order valence-corrected chi connectivity index (χ3v) is 6.55.